The highest BCUT2D eigenvalue weighted by Gasteiger charge is 2.07. The number of methoxy groups -OCH3 is 1. The van der Waals surface area contributed by atoms with Crippen LogP contribution in [0.5, 0.6) is 0 Å². The molecule has 1 unspecified atom stereocenters. The third-order valence-electron chi connectivity index (χ3n) is 2.13. The van der Waals surface area contributed by atoms with Crippen molar-refractivity contribution in [1.29, 1.82) is 0 Å². The Morgan fingerprint density at radius 1 is 1.53 bits per heavy atom. The maximum Gasteiger partial charge on any atom is 0.110 e. The molecule has 0 amide bonds. The van der Waals surface area contributed by atoms with Gasteiger partial charge in [0.05, 0.1) is 19.8 Å². The number of hydrogen-bond donors (Lipinski definition) is 1. The Kier molecular flexibility index (Phi) is 5.31. The van der Waals surface area contributed by atoms with Gasteiger partial charge in [-0.1, -0.05) is 0 Å². The zero-order valence-corrected chi connectivity index (χ0v) is 9.35. The molecule has 0 aliphatic carbocycles. The van der Waals surface area contributed by atoms with Crippen molar-refractivity contribution < 1.29 is 9.47 Å². The van der Waals surface area contributed by atoms with Gasteiger partial charge in [-0.15, -0.1) is 0 Å². The van der Waals surface area contributed by atoms with Crippen LogP contribution in [0.15, 0.2) is 12.4 Å². The summed E-state index contributed by atoms with van der Waals surface area (Å²) in [6.07, 6.45) is 4.41. The first-order chi connectivity index (χ1) is 7.24. The van der Waals surface area contributed by atoms with E-state index >= 15 is 0 Å². The van der Waals surface area contributed by atoms with Gasteiger partial charge in [0.2, 0.25) is 0 Å². The van der Waals surface area contributed by atoms with Crippen LogP contribution >= 0.6 is 0 Å². The molecule has 2 N–H and O–H groups in total. The van der Waals surface area contributed by atoms with Crippen molar-refractivity contribution in [3.63, 3.8) is 0 Å². The molecule has 0 aliphatic rings. The number of imidazole rings is 1. The fraction of sp³-hybridized carbons (Fsp3) is 0.700. The molecule has 1 aromatic rings. The summed E-state index contributed by atoms with van der Waals surface area (Å²) in [4.78, 5) is 4.20. The van der Waals surface area contributed by atoms with Crippen molar-refractivity contribution in [3.8, 4) is 0 Å². The Bertz CT molecular complexity index is 275. The molecule has 5 nitrogen and oxygen atoms in total. The van der Waals surface area contributed by atoms with Crippen LogP contribution < -0.4 is 5.73 Å². The van der Waals surface area contributed by atoms with Crippen LogP contribution in [0, 0.1) is 0 Å². The lowest BCUT2D eigenvalue weighted by atomic mass is 10.2. The number of aryl methyl sites for hydroxylation is 1. The first-order valence-corrected chi connectivity index (χ1v) is 5.02. The van der Waals surface area contributed by atoms with E-state index in [4.69, 9.17) is 15.2 Å². The summed E-state index contributed by atoms with van der Waals surface area (Å²) in [5.74, 6) is 0.984. The molecule has 0 radical (unpaired) electrons. The van der Waals surface area contributed by atoms with Crippen molar-refractivity contribution in [2.45, 2.75) is 12.5 Å². The van der Waals surface area contributed by atoms with E-state index in [0.717, 1.165) is 12.2 Å². The second-order valence-electron chi connectivity index (χ2n) is 3.49. The van der Waals surface area contributed by atoms with Gasteiger partial charge >= 0.3 is 0 Å². The van der Waals surface area contributed by atoms with Crippen LogP contribution in [0.3, 0.4) is 0 Å². The van der Waals surface area contributed by atoms with E-state index in [1.165, 1.54) is 0 Å². The van der Waals surface area contributed by atoms with E-state index in [9.17, 15) is 0 Å². The topological polar surface area (TPSA) is 62.3 Å². The lowest BCUT2D eigenvalue weighted by Crippen LogP contribution is -2.30. The van der Waals surface area contributed by atoms with Gasteiger partial charge < -0.3 is 19.8 Å². The van der Waals surface area contributed by atoms with E-state index in [2.05, 4.69) is 4.98 Å². The minimum absolute atomic E-state index is 0.0112. The SMILES string of the molecule is COCCOCC(N)Cc1nccn1C. The summed E-state index contributed by atoms with van der Waals surface area (Å²) in [5.41, 5.74) is 5.90. The molecule has 0 aromatic carbocycles. The average Bonchev–Trinajstić information content (AvgIpc) is 2.59. The molecule has 1 rings (SSSR count). The number of rotatable bonds is 7. The van der Waals surface area contributed by atoms with Crippen LogP contribution in [-0.4, -0.2) is 42.5 Å². The van der Waals surface area contributed by atoms with E-state index in [1.54, 1.807) is 13.3 Å². The normalized spacial score (nSPS) is 13.0. The van der Waals surface area contributed by atoms with Crippen LogP contribution in [0.4, 0.5) is 0 Å². The molecule has 1 aromatic heterocycles. The van der Waals surface area contributed by atoms with Crippen molar-refractivity contribution >= 4 is 0 Å². The molecule has 15 heavy (non-hydrogen) atoms. The van der Waals surface area contributed by atoms with Gasteiger partial charge in [-0.3, -0.25) is 0 Å². The lowest BCUT2D eigenvalue weighted by Gasteiger charge is -2.11. The summed E-state index contributed by atoms with van der Waals surface area (Å²) >= 11 is 0. The van der Waals surface area contributed by atoms with Crippen molar-refractivity contribution in [2.75, 3.05) is 26.9 Å². The zero-order valence-electron chi connectivity index (χ0n) is 9.35. The summed E-state index contributed by atoms with van der Waals surface area (Å²) < 4.78 is 12.2. The largest absolute Gasteiger partial charge is 0.382 e. The predicted octanol–water partition coefficient (Wildman–Crippen LogP) is -0.0471. The summed E-state index contributed by atoms with van der Waals surface area (Å²) in [7, 11) is 3.61. The molecule has 86 valence electrons. The minimum Gasteiger partial charge on any atom is -0.382 e. The molecular weight excluding hydrogens is 194 g/mol. The molecule has 1 heterocycles. The van der Waals surface area contributed by atoms with E-state index < -0.39 is 0 Å². The van der Waals surface area contributed by atoms with E-state index in [1.807, 2.05) is 17.8 Å². The first-order valence-electron chi connectivity index (χ1n) is 5.02. The molecule has 0 aliphatic heterocycles. The minimum atomic E-state index is -0.0112. The van der Waals surface area contributed by atoms with Gasteiger partial charge in [0.15, 0.2) is 0 Å². The fourth-order valence-electron chi connectivity index (χ4n) is 1.26. The average molecular weight is 213 g/mol. The fourth-order valence-corrected chi connectivity index (χ4v) is 1.26. The molecule has 0 fully saturated rings. The van der Waals surface area contributed by atoms with E-state index in [-0.39, 0.29) is 6.04 Å². The molecule has 0 spiro atoms. The predicted molar refractivity (Wildman–Crippen MR) is 57.6 cm³/mol. The van der Waals surface area contributed by atoms with Crippen LogP contribution in [0.1, 0.15) is 5.82 Å². The highest BCUT2D eigenvalue weighted by molar-refractivity contribution is 4.93. The van der Waals surface area contributed by atoms with Crippen LogP contribution in [0.2, 0.25) is 0 Å². The Labute approximate surface area is 90.2 Å². The second kappa shape index (κ2) is 6.55. The summed E-state index contributed by atoms with van der Waals surface area (Å²) in [6, 6.07) is -0.0112. The number of ether oxygens (including phenoxy) is 2. The van der Waals surface area contributed by atoms with Crippen LogP contribution in [-0.2, 0) is 22.9 Å². The third-order valence-corrected chi connectivity index (χ3v) is 2.13. The van der Waals surface area contributed by atoms with Crippen molar-refractivity contribution in [1.82, 2.24) is 9.55 Å². The Hall–Kier alpha value is -0.910. The second-order valence-corrected chi connectivity index (χ2v) is 3.49. The van der Waals surface area contributed by atoms with Crippen molar-refractivity contribution in [3.05, 3.63) is 18.2 Å². The van der Waals surface area contributed by atoms with Gasteiger partial charge in [-0.05, 0) is 0 Å². The summed E-state index contributed by atoms with van der Waals surface area (Å²) in [5, 5.41) is 0. The van der Waals surface area contributed by atoms with Gasteiger partial charge in [-0.25, -0.2) is 4.98 Å². The van der Waals surface area contributed by atoms with Gasteiger partial charge in [0.1, 0.15) is 5.82 Å². The highest BCUT2D eigenvalue weighted by Crippen LogP contribution is 1.98. The van der Waals surface area contributed by atoms with Crippen LogP contribution in [0.25, 0.3) is 0 Å². The number of nitrogens with two attached hydrogens (primary N) is 1. The van der Waals surface area contributed by atoms with Gasteiger partial charge in [0.25, 0.3) is 0 Å². The summed E-state index contributed by atoms with van der Waals surface area (Å²) in [6.45, 7) is 1.73. The molecular formula is C10H19N3O2. The molecule has 0 bridgehead atoms. The maximum atomic E-state index is 5.90. The standard InChI is InChI=1S/C10H19N3O2/c1-13-4-3-12-10(13)7-9(11)8-15-6-5-14-2/h3-4,9H,5-8,11H2,1-2H3. The third kappa shape index (κ3) is 4.42. The van der Waals surface area contributed by atoms with Gasteiger partial charge in [-0.2, -0.15) is 0 Å². The van der Waals surface area contributed by atoms with Gasteiger partial charge in [0, 0.05) is 39.0 Å². The lowest BCUT2D eigenvalue weighted by molar-refractivity contribution is 0.0634. The number of aromatic nitrogens is 2. The maximum absolute atomic E-state index is 5.90. The highest BCUT2D eigenvalue weighted by atomic mass is 16.5. The molecule has 1 atom stereocenters. The van der Waals surface area contributed by atoms with E-state index in [0.29, 0.717) is 19.8 Å². The van der Waals surface area contributed by atoms with Crippen molar-refractivity contribution in [2.24, 2.45) is 12.8 Å². The monoisotopic (exact) mass is 213 g/mol. The molecule has 0 saturated heterocycles. The Balaban J connectivity index is 2.18. The molecule has 0 saturated carbocycles. The number of nitrogens with zero attached hydrogens (tertiary/aromatic N) is 2. The smallest absolute Gasteiger partial charge is 0.110 e. The Morgan fingerprint density at radius 2 is 2.33 bits per heavy atom. The Morgan fingerprint density at radius 3 is 2.93 bits per heavy atom. The first kappa shape index (κ1) is 12.2. The number of hydrogen-bond acceptors (Lipinski definition) is 4. The molecule has 5 heteroatoms. The quantitative estimate of drug-likeness (QED) is 0.645. The zero-order chi connectivity index (χ0) is 11.1.